The van der Waals surface area contributed by atoms with Crippen molar-refractivity contribution in [2.24, 2.45) is 4.99 Å². The monoisotopic (exact) mass is 374 g/mol. The molecule has 1 aliphatic heterocycles. The van der Waals surface area contributed by atoms with E-state index in [1.807, 2.05) is 53.4 Å². The van der Waals surface area contributed by atoms with Gasteiger partial charge in [-0.1, -0.05) is 72.3 Å². The Bertz CT molecular complexity index is 999. The fraction of sp³-hybridized carbons (Fsp3) is 0.130. The third-order valence-electron chi connectivity index (χ3n) is 4.78. The lowest BCUT2D eigenvalue weighted by Gasteiger charge is -2.30. The van der Waals surface area contributed by atoms with Crippen LogP contribution in [-0.4, -0.2) is 11.6 Å². The maximum atomic E-state index is 12.7. The number of amides is 1. The van der Waals surface area contributed by atoms with Crippen LogP contribution in [0.5, 0.6) is 0 Å². The zero-order valence-electron chi connectivity index (χ0n) is 15.0. The van der Waals surface area contributed by atoms with Crippen molar-refractivity contribution in [2.45, 2.75) is 19.4 Å². The smallest absolute Gasteiger partial charge is 0.224 e. The van der Waals surface area contributed by atoms with Crippen molar-refractivity contribution in [2.75, 3.05) is 4.90 Å². The van der Waals surface area contributed by atoms with Crippen molar-refractivity contribution in [3.63, 3.8) is 0 Å². The molecule has 1 amide bonds. The molecular weight excluding hydrogens is 356 g/mol. The molecule has 0 aliphatic carbocycles. The predicted octanol–water partition coefficient (Wildman–Crippen LogP) is 5.96. The Hall–Kier alpha value is -2.91. The van der Waals surface area contributed by atoms with Gasteiger partial charge >= 0.3 is 0 Å². The van der Waals surface area contributed by atoms with Gasteiger partial charge in [-0.25, -0.2) is 0 Å². The normalized spacial score (nSPS) is 16.3. The molecular formula is C23H19ClN2O. The summed E-state index contributed by atoms with van der Waals surface area (Å²) in [5, 5.41) is 0.603. The Labute approximate surface area is 163 Å². The molecule has 4 heteroatoms. The highest BCUT2D eigenvalue weighted by atomic mass is 35.5. The standard InChI is InChI=1S/C23H19ClN2O/c1-16(27)26-22-13-12-19(24)14-21(22)25-20(17-8-4-2-5-9-17)15-23(26)18-10-6-3-7-11-18/h2-14,23H,15H2,1H3/t23-/m0/s1. The molecule has 0 spiro atoms. The van der Waals surface area contributed by atoms with Crippen LogP contribution < -0.4 is 4.90 Å². The average molecular weight is 375 g/mol. The second-order valence-electron chi connectivity index (χ2n) is 6.58. The third kappa shape index (κ3) is 3.51. The Morgan fingerprint density at radius 3 is 2.33 bits per heavy atom. The highest BCUT2D eigenvalue weighted by Gasteiger charge is 2.30. The number of anilines is 1. The summed E-state index contributed by atoms with van der Waals surface area (Å²) >= 11 is 6.23. The number of rotatable bonds is 2. The van der Waals surface area contributed by atoms with E-state index in [4.69, 9.17) is 16.6 Å². The molecule has 1 atom stereocenters. The Balaban J connectivity index is 1.93. The molecule has 0 N–H and O–H groups in total. The van der Waals surface area contributed by atoms with E-state index in [0.717, 1.165) is 28.2 Å². The molecule has 0 bridgehead atoms. The van der Waals surface area contributed by atoms with E-state index < -0.39 is 0 Å². The van der Waals surface area contributed by atoms with Crippen LogP contribution in [0.25, 0.3) is 0 Å². The number of carbonyl (C=O) groups is 1. The van der Waals surface area contributed by atoms with Crippen molar-refractivity contribution >= 4 is 34.6 Å². The van der Waals surface area contributed by atoms with Gasteiger partial charge in [-0.3, -0.25) is 9.79 Å². The van der Waals surface area contributed by atoms with Crippen LogP contribution >= 0.6 is 11.6 Å². The quantitative estimate of drug-likeness (QED) is 0.544. The van der Waals surface area contributed by atoms with Crippen LogP contribution in [0.2, 0.25) is 5.02 Å². The van der Waals surface area contributed by atoms with E-state index in [9.17, 15) is 4.79 Å². The van der Waals surface area contributed by atoms with E-state index >= 15 is 0 Å². The van der Waals surface area contributed by atoms with Crippen molar-refractivity contribution < 1.29 is 4.79 Å². The maximum absolute atomic E-state index is 12.7. The van der Waals surface area contributed by atoms with E-state index in [-0.39, 0.29) is 11.9 Å². The van der Waals surface area contributed by atoms with Crippen molar-refractivity contribution in [3.05, 3.63) is 95.0 Å². The number of halogens is 1. The molecule has 3 nitrogen and oxygen atoms in total. The molecule has 0 radical (unpaired) electrons. The summed E-state index contributed by atoms with van der Waals surface area (Å²) in [5.41, 5.74) is 4.58. The first-order valence-electron chi connectivity index (χ1n) is 8.91. The molecule has 4 rings (SSSR count). The number of hydrogen-bond acceptors (Lipinski definition) is 2. The SMILES string of the molecule is CC(=O)N1c2ccc(Cl)cc2N=C(c2ccccc2)C[C@H]1c1ccccc1. The minimum atomic E-state index is -0.134. The molecule has 1 aliphatic rings. The Morgan fingerprint density at radius 2 is 1.67 bits per heavy atom. The summed E-state index contributed by atoms with van der Waals surface area (Å²) in [6.07, 6.45) is 0.625. The zero-order chi connectivity index (χ0) is 18.8. The fourth-order valence-corrected chi connectivity index (χ4v) is 3.73. The number of benzene rings is 3. The number of nitrogens with zero attached hydrogens (tertiary/aromatic N) is 2. The molecule has 0 aromatic heterocycles. The van der Waals surface area contributed by atoms with E-state index in [0.29, 0.717) is 11.4 Å². The molecule has 27 heavy (non-hydrogen) atoms. The van der Waals surface area contributed by atoms with Crippen LogP contribution in [0.4, 0.5) is 11.4 Å². The topological polar surface area (TPSA) is 32.7 Å². The molecule has 134 valence electrons. The van der Waals surface area contributed by atoms with Crippen LogP contribution in [0.15, 0.2) is 83.9 Å². The highest BCUT2D eigenvalue weighted by molar-refractivity contribution is 6.31. The number of fused-ring (bicyclic) bond motifs is 1. The van der Waals surface area contributed by atoms with Crippen molar-refractivity contribution in [1.29, 1.82) is 0 Å². The predicted molar refractivity (Wildman–Crippen MR) is 111 cm³/mol. The summed E-state index contributed by atoms with van der Waals surface area (Å²) in [7, 11) is 0. The van der Waals surface area contributed by atoms with Crippen LogP contribution in [0.1, 0.15) is 30.5 Å². The first-order chi connectivity index (χ1) is 13.1. The van der Waals surface area contributed by atoms with Crippen LogP contribution in [-0.2, 0) is 4.79 Å². The number of carbonyl (C=O) groups excluding carboxylic acids is 1. The van der Waals surface area contributed by atoms with Gasteiger partial charge in [0.15, 0.2) is 0 Å². The number of hydrogen-bond donors (Lipinski definition) is 0. The van der Waals surface area contributed by atoms with E-state index in [1.54, 1.807) is 13.0 Å². The lowest BCUT2D eigenvalue weighted by molar-refractivity contribution is -0.117. The first kappa shape index (κ1) is 17.5. The van der Waals surface area contributed by atoms with E-state index in [2.05, 4.69) is 24.3 Å². The number of aliphatic imine (C=N–C) groups is 1. The molecule has 0 fully saturated rings. The van der Waals surface area contributed by atoms with Gasteiger partial charge in [0.05, 0.1) is 23.1 Å². The molecule has 1 heterocycles. The second-order valence-corrected chi connectivity index (χ2v) is 7.01. The minimum absolute atomic E-state index is 0.0167. The zero-order valence-corrected chi connectivity index (χ0v) is 15.7. The summed E-state index contributed by atoms with van der Waals surface area (Å²) in [4.78, 5) is 19.4. The van der Waals surface area contributed by atoms with Gasteiger partial charge in [0, 0.05) is 18.4 Å². The Kier molecular flexibility index (Phi) is 4.78. The van der Waals surface area contributed by atoms with Gasteiger partial charge < -0.3 is 4.90 Å². The summed E-state index contributed by atoms with van der Waals surface area (Å²) in [5.74, 6) is -0.0167. The van der Waals surface area contributed by atoms with Crippen LogP contribution in [0.3, 0.4) is 0 Å². The summed E-state index contributed by atoms with van der Waals surface area (Å²) in [6, 6.07) is 25.6. The van der Waals surface area contributed by atoms with Gasteiger partial charge in [0.2, 0.25) is 5.91 Å². The van der Waals surface area contributed by atoms with Gasteiger partial charge in [-0.05, 0) is 29.3 Å². The van der Waals surface area contributed by atoms with Crippen LogP contribution in [0, 0.1) is 0 Å². The highest BCUT2D eigenvalue weighted by Crippen LogP contribution is 2.41. The fourth-order valence-electron chi connectivity index (χ4n) is 3.57. The first-order valence-corrected chi connectivity index (χ1v) is 9.28. The Morgan fingerprint density at radius 1 is 1.00 bits per heavy atom. The van der Waals surface area contributed by atoms with Gasteiger partial charge in [-0.15, -0.1) is 0 Å². The maximum Gasteiger partial charge on any atom is 0.224 e. The lowest BCUT2D eigenvalue weighted by atomic mass is 9.96. The van der Waals surface area contributed by atoms with Crippen molar-refractivity contribution in [1.82, 2.24) is 0 Å². The molecule has 0 saturated heterocycles. The van der Waals surface area contributed by atoms with Crippen molar-refractivity contribution in [3.8, 4) is 0 Å². The van der Waals surface area contributed by atoms with Gasteiger partial charge in [0.1, 0.15) is 0 Å². The van der Waals surface area contributed by atoms with Gasteiger partial charge in [0.25, 0.3) is 0 Å². The minimum Gasteiger partial charge on any atom is -0.303 e. The molecule has 3 aromatic carbocycles. The second kappa shape index (κ2) is 7.37. The molecule has 0 saturated carbocycles. The lowest BCUT2D eigenvalue weighted by Crippen LogP contribution is -2.33. The van der Waals surface area contributed by atoms with E-state index in [1.165, 1.54) is 0 Å². The third-order valence-corrected chi connectivity index (χ3v) is 5.02. The molecule has 3 aromatic rings. The summed E-state index contributed by atoms with van der Waals surface area (Å²) < 4.78 is 0. The average Bonchev–Trinajstić information content (AvgIpc) is 2.86. The van der Waals surface area contributed by atoms with Gasteiger partial charge in [-0.2, -0.15) is 0 Å². The molecule has 0 unspecified atom stereocenters. The summed E-state index contributed by atoms with van der Waals surface area (Å²) in [6.45, 7) is 1.60. The largest absolute Gasteiger partial charge is 0.303 e.